The minimum Gasteiger partial charge on any atom is -0.465 e. The Bertz CT molecular complexity index is 192. The zero-order chi connectivity index (χ0) is 11.0. The predicted molar refractivity (Wildman–Crippen MR) is 53.7 cm³/mol. The first kappa shape index (κ1) is 13.1. The van der Waals surface area contributed by atoms with E-state index in [-0.39, 0.29) is 5.78 Å². The van der Waals surface area contributed by atoms with Crippen molar-refractivity contribution in [1.82, 2.24) is 0 Å². The van der Waals surface area contributed by atoms with Crippen molar-refractivity contribution in [3.8, 4) is 0 Å². The van der Waals surface area contributed by atoms with Crippen LogP contribution in [0.5, 0.6) is 0 Å². The Hall–Kier alpha value is -0.900. The molecule has 0 spiro atoms. The molecule has 0 aromatic heterocycles. The van der Waals surface area contributed by atoms with Crippen LogP contribution >= 0.6 is 0 Å². The highest BCUT2D eigenvalue weighted by atomic mass is 16.5. The number of esters is 1. The average Bonchev–Trinajstić information content (AvgIpc) is 2.12. The van der Waals surface area contributed by atoms with Crippen LogP contribution in [0.15, 0.2) is 0 Å². The molecule has 0 aliphatic rings. The van der Waals surface area contributed by atoms with Crippen molar-refractivity contribution >= 4 is 11.8 Å². The van der Waals surface area contributed by atoms with Crippen molar-refractivity contribution in [3.63, 3.8) is 0 Å². The summed E-state index contributed by atoms with van der Waals surface area (Å²) >= 11 is 0. The number of hydrogen-bond donors (Lipinski definition) is 1. The molecule has 0 aromatic rings. The molecule has 1 unspecified atom stereocenters. The van der Waals surface area contributed by atoms with Gasteiger partial charge in [-0.15, -0.1) is 0 Å². The molecule has 0 aliphatic carbocycles. The summed E-state index contributed by atoms with van der Waals surface area (Å²) < 4.78 is 4.80. The SMILES string of the molecule is CCOC(=O)C(CCCCN)C(C)=O. The molecule has 82 valence electrons. The molecule has 0 aliphatic heterocycles. The van der Waals surface area contributed by atoms with Crippen LogP contribution in [-0.4, -0.2) is 24.9 Å². The summed E-state index contributed by atoms with van der Waals surface area (Å²) in [5, 5.41) is 0. The van der Waals surface area contributed by atoms with E-state index in [1.807, 2.05) is 0 Å². The van der Waals surface area contributed by atoms with E-state index in [0.717, 1.165) is 12.8 Å². The molecule has 0 aromatic carbocycles. The fourth-order valence-electron chi connectivity index (χ4n) is 1.22. The van der Waals surface area contributed by atoms with Crippen molar-refractivity contribution in [2.45, 2.75) is 33.1 Å². The van der Waals surface area contributed by atoms with Gasteiger partial charge in [0.1, 0.15) is 11.7 Å². The first-order valence-electron chi connectivity index (χ1n) is 5.00. The van der Waals surface area contributed by atoms with Crippen molar-refractivity contribution in [3.05, 3.63) is 0 Å². The fraction of sp³-hybridized carbons (Fsp3) is 0.800. The maximum Gasteiger partial charge on any atom is 0.316 e. The lowest BCUT2D eigenvalue weighted by molar-refractivity contribution is -0.151. The van der Waals surface area contributed by atoms with Crippen LogP contribution in [-0.2, 0) is 14.3 Å². The minimum absolute atomic E-state index is 0.125. The van der Waals surface area contributed by atoms with Gasteiger partial charge in [-0.1, -0.05) is 6.42 Å². The number of carbonyl (C=O) groups excluding carboxylic acids is 2. The normalized spacial score (nSPS) is 12.2. The number of Topliss-reactive ketones (excluding diaryl/α,β-unsaturated/α-hetero) is 1. The van der Waals surface area contributed by atoms with E-state index in [2.05, 4.69) is 0 Å². The van der Waals surface area contributed by atoms with Gasteiger partial charge in [0, 0.05) is 0 Å². The summed E-state index contributed by atoms with van der Waals surface area (Å²) in [6.45, 7) is 4.06. The number of ketones is 1. The van der Waals surface area contributed by atoms with Gasteiger partial charge in [-0.25, -0.2) is 0 Å². The second kappa shape index (κ2) is 7.50. The summed E-state index contributed by atoms with van der Waals surface area (Å²) in [6.07, 6.45) is 2.17. The van der Waals surface area contributed by atoms with Crippen LogP contribution < -0.4 is 5.73 Å². The lowest BCUT2D eigenvalue weighted by Gasteiger charge is -2.11. The first-order chi connectivity index (χ1) is 6.63. The van der Waals surface area contributed by atoms with E-state index in [1.165, 1.54) is 6.92 Å². The monoisotopic (exact) mass is 201 g/mol. The summed E-state index contributed by atoms with van der Waals surface area (Å²) in [7, 11) is 0. The van der Waals surface area contributed by atoms with Crippen LogP contribution in [0.25, 0.3) is 0 Å². The Morgan fingerprint density at radius 3 is 2.43 bits per heavy atom. The summed E-state index contributed by atoms with van der Waals surface area (Å²) in [5.41, 5.74) is 5.32. The van der Waals surface area contributed by atoms with Gasteiger partial charge in [0.05, 0.1) is 6.61 Å². The van der Waals surface area contributed by atoms with Gasteiger partial charge in [0.25, 0.3) is 0 Å². The van der Waals surface area contributed by atoms with Gasteiger partial charge >= 0.3 is 5.97 Å². The van der Waals surface area contributed by atoms with Crippen LogP contribution in [0.3, 0.4) is 0 Å². The van der Waals surface area contributed by atoms with E-state index in [4.69, 9.17) is 10.5 Å². The van der Waals surface area contributed by atoms with E-state index in [9.17, 15) is 9.59 Å². The highest BCUT2D eigenvalue weighted by Crippen LogP contribution is 2.11. The zero-order valence-electron chi connectivity index (χ0n) is 8.91. The Balaban J connectivity index is 4.01. The summed E-state index contributed by atoms with van der Waals surface area (Å²) in [5.74, 6) is -1.13. The summed E-state index contributed by atoms with van der Waals surface area (Å²) in [6, 6.07) is 0. The highest BCUT2D eigenvalue weighted by molar-refractivity contribution is 5.97. The summed E-state index contributed by atoms with van der Waals surface area (Å²) in [4.78, 5) is 22.4. The Kier molecular flexibility index (Phi) is 7.02. The molecule has 0 saturated heterocycles. The van der Waals surface area contributed by atoms with E-state index in [0.29, 0.717) is 19.6 Å². The number of nitrogens with two attached hydrogens (primary N) is 1. The van der Waals surface area contributed by atoms with Crippen LogP contribution in [0, 0.1) is 5.92 Å². The molecule has 0 fully saturated rings. The van der Waals surface area contributed by atoms with E-state index < -0.39 is 11.9 Å². The Labute approximate surface area is 84.8 Å². The third kappa shape index (κ3) is 4.97. The number of ether oxygens (including phenoxy) is 1. The largest absolute Gasteiger partial charge is 0.465 e. The third-order valence-electron chi connectivity index (χ3n) is 2.01. The van der Waals surface area contributed by atoms with Crippen LogP contribution in [0.1, 0.15) is 33.1 Å². The molecule has 0 rings (SSSR count). The van der Waals surface area contributed by atoms with Gasteiger partial charge < -0.3 is 10.5 Å². The van der Waals surface area contributed by atoms with Crippen molar-refractivity contribution < 1.29 is 14.3 Å². The number of carbonyl (C=O) groups is 2. The van der Waals surface area contributed by atoms with E-state index in [1.54, 1.807) is 6.92 Å². The second-order valence-corrected chi connectivity index (χ2v) is 3.20. The fourth-order valence-corrected chi connectivity index (χ4v) is 1.22. The molecule has 0 heterocycles. The van der Waals surface area contributed by atoms with Gasteiger partial charge in [-0.05, 0) is 33.2 Å². The van der Waals surface area contributed by atoms with Gasteiger partial charge in [0.15, 0.2) is 0 Å². The van der Waals surface area contributed by atoms with Crippen LogP contribution in [0.4, 0.5) is 0 Å². The highest BCUT2D eigenvalue weighted by Gasteiger charge is 2.23. The molecule has 0 amide bonds. The number of rotatable bonds is 7. The molecule has 4 nitrogen and oxygen atoms in total. The molecule has 1 atom stereocenters. The van der Waals surface area contributed by atoms with Crippen molar-refractivity contribution in [2.75, 3.05) is 13.2 Å². The quantitative estimate of drug-likeness (QED) is 0.377. The molecule has 0 radical (unpaired) electrons. The first-order valence-corrected chi connectivity index (χ1v) is 5.00. The molecular formula is C10H19NO3. The zero-order valence-corrected chi connectivity index (χ0v) is 8.91. The van der Waals surface area contributed by atoms with E-state index >= 15 is 0 Å². The second-order valence-electron chi connectivity index (χ2n) is 3.20. The van der Waals surface area contributed by atoms with Crippen molar-refractivity contribution in [2.24, 2.45) is 11.7 Å². The molecule has 0 bridgehead atoms. The van der Waals surface area contributed by atoms with Gasteiger partial charge in [-0.2, -0.15) is 0 Å². The number of unbranched alkanes of at least 4 members (excludes halogenated alkanes) is 1. The maximum absolute atomic E-state index is 11.3. The molecular weight excluding hydrogens is 182 g/mol. The lowest BCUT2D eigenvalue weighted by Crippen LogP contribution is -2.24. The average molecular weight is 201 g/mol. The van der Waals surface area contributed by atoms with Crippen LogP contribution in [0.2, 0.25) is 0 Å². The molecule has 2 N–H and O–H groups in total. The molecule has 14 heavy (non-hydrogen) atoms. The molecule has 4 heteroatoms. The minimum atomic E-state index is -0.596. The Morgan fingerprint density at radius 1 is 1.36 bits per heavy atom. The standard InChI is InChI=1S/C10H19NO3/c1-3-14-10(13)9(8(2)12)6-4-5-7-11/h9H,3-7,11H2,1-2H3. The van der Waals surface area contributed by atoms with Gasteiger partial charge in [0.2, 0.25) is 0 Å². The topological polar surface area (TPSA) is 69.4 Å². The lowest BCUT2D eigenvalue weighted by atomic mass is 9.98. The van der Waals surface area contributed by atoms with Gasteiger partial charge in [-0.3, -0.25) is 9.59 Å². The van der Waals surface area contributed by atoms with Crippen molar-refractivity contribution in [1.29, 1.82) is 0 Å². The Morgan fingerprint density at radius 2 is 2.00 bits per heavy atom. The number of hydrogen-bond acceptors (Lipinski definition) is 4. The third-order valence-corrected chi connectivity index (χ3v) is 2.01. The molecule has 0 saturated carbocycles. The smallest absolute Gasteiger partial charge is 0.316 e. The predicted octanol–water partition coefficient (Wildman–Crippen LogP) is 0.884. The maximum atomic E-state index is 11.3.